The second kappa shape index (κ2) is 5.24. The highest BCUT2D eigenvalue weighted by Gasteiger charge is 2.14. The van der Waals surface area contributed by atoms with Gasteiger partial charge in [-0.05, 0) is 12.1 Å². The Morgan fingerprint density at radius 3 is 2.87 bits per heavy atom. The van der Waals surface area contributed by atoms with Crippen LogP contribution in [-0.2, 0) is 0 Å². The lowest BCUT2D eigenvalue weighted by Crippen LogP contribution is -2.44. The van der Waals surface area contributed by atoms with E-state index in [2.05, 4.69) is 34.3 Å². The van der Waals surface area contributed by atoms with Crippen LogP contribution in [-0.4, -0.2) is 42.6 Å². The third kappa shape index (κ3) is 3.01. The van der Waals surface area contributed by atoms with Gasteiger partial charge in [-0.1, -0.05) is 13.0 Å². The minimum atomic E-state index is 0.532. The van der Waals surface area contributed by atoms with Gasteiger partial charge < -0.3 is 10.2 Å². The summed E-state index contributed by atoms with van der Waals surface area (Å²) in [7, 11) is 0. The van der Waals surface area contributed by atoms with Gasteiger partial charge in [-0.25, -0.2) is 0 Å². The topological polar surface area (TPSA) is 28.2 Å². The molecule has 1 fully saturated rings. The van der Waals surface area contributed by atoms with Crippen molar-refractivity contribution in [2.45, 2.75) is 12.8 Å². The van der Waals surface area contributed by atoms with E-state index in [9.17, 15) is 0 Å². The molecule has 1 atom stereocenters. The van der Waals surface area contributed by atoms with Crippen molar-refractivity contribution in [3.8, 4) is 0 Å². The Balaban J connectivity index is 1.88. The molecule has 2 heterocycles. The van der Waals surface area contributed by atoms with Crippen LogP contribution < -0.4 is 5.32 Å². The molecule has 3 heteroatoms. The SMILES string of the molecule is C[C@H](CN1CCNCC1)c1ccccn1. The molecule has 1 aromatic rings. The molecule has 0 spiro atoms. The number of nitrogens with zero attached hydrogens (tertiary/aromatic N) is 2. The number of pyridine rings is 1. The molecule has 0 amide bonds. The van der Waals surface area contributed by atoms with E-state index in [1.54, 1.807) is 0 Å². The summed E-state index contributed by atoms with van der Waals surface area (Å²) in [5.74, 6) is 0.532. The Morgan fingerprint density at radius 2 is 2.20 bits per heavy atom. The average Bonchev–Trinajstić information content (AvgIpc) is 2.31. The van der Waals surface area contributed by atoms with Gasteiger partial charge in [-0.2, -0.15) is 0 Å². The van der Waals surface area contributed by atoms with E-state index >= 15 is 0 Å². The number of aromatic nitrogens is 1. The van der Waals surface area contributed by atoms with Gasteiger partial charge in [0.25, 0.3) is 0 Å². The molecule has 1 aliphatic rings. The molecule has 1 saturated heterocycles. The molecule has 0 saturated carbocycles. The highest BCUT2D eigenvalue weighted by molar-refractivity contribution is 5.08. The summed E-state index contributed by atoms with van der Waals surface area (Å²) in [4.78, 5) is 6.91. The number of piperazine rings is 1. The third-order valence-electron chi connectivity index (χ3n) is 2.93. The Kier molecular flexibility index (Phi) is 3.69. The summed E-state index contributed by atoms with van der Waals surface area (Å²) in [5, 5.41) is 3.37. The molecule has 2 rings (SSSR count). The first-order valence-corrected chi connectivity index (χ1v) is 5.70. The number of hydrogen-bond donors (Lipinski definition) is 1. The van der Waals surface area contributed by atoms with E-state index in [1.165, 1.54) is 5.69 Å². The van der Waals surface area contributed by atoms with Gasteiger partial charge in [0.1, 0.15) is 0 Å². The van der Waals surface area contributed by atoms with Crippen LogP contribution in [0.5, 0.6) is 0 Å². The first-order valence-electron chi connectivity index (χ1n) is 5.70. The highest BCUT2D eigenvalue weighted by atomic mass is 15.2. The van der Waals surface area contributed by atoms with E-state index < -0.39 is 0 Å². The summed E-state index contributed by atoms with van der Waals surface area (Å²) in [6.07, 6.45) is 1.88. The number of rotatable bonds is 3. The minimum Gasteiger partial charge on any atom is -0.314 e. The van der Waals surface area contributed by atoms with E-state index in [4.69, 9.17) is 0 Å². The lowest BCUT2D eigenvalue weighted by Gasteiger charge is -2.29. The predicted molar refractivity (Wildman–Crippen MR) is 62.0 cm³/mol. The van der Waals surface area contributed by atoms with Crippen molar-refractivity contribution in [1.29, 1.82) is 0 Å². The van der Waals surface area contributed by atoms with E-state index in [0.29, 0.717) is 5.92 Å². The second-order valence-corrected chi connectivity index (χ2v) is 4.21. The zero-order valence-corrected chi connectivity index (χ0v) is 9.32. The molecular formula is C12H19N3. The average molecular weight is 205 g/mol. The van der Waals surface area contributed by atoms with Gasteiger partial charge in [0.05, 0.1) is 0 Å². The molecule has 0 radical (unpaired) electrons. The van der Waals surface area contributed by atoms with Crippen molar-refractivity contribution in [1.82, 2.24) is 15.2 Å². The zero-order chi connectivity index (χ0) is 10.5. The van der Waals surface area contributed by atoms with Crippen LogP contribution in [0.3, 0.4) is 0 Å². The van der Waals surface area contributed by atoms with Crippen LogP contribution in [0.2, 0.25) is 0 Å². The molecule has 0 unspecified atom stereocenters. The van der Waals surface area contributed by atoms with Gasteiger partial charge in [0, 0.05) is 50.5 Å². The fraction of sp³-hybridized carbons (Fsp3) is 0.583. The molecule has 0 bridgehead atoms. The van der Waals surface area contributed by atoms with Crippen molar-refractivity contribution in [3.63, 3.8) is 0 Å². The van der Waals surface area contributed by atoms with E-state index in [-0.39, 0.29) is 0 Å². The molecule has 1 N–H and O–H groups in total. The van der Waals surface area contributed by atoms with E-state index in [1.807, 2.05) is 12.3 Å². The molecule has 82 valence electrons. The smallest absolute Gasteiger partial charge is 0.0444 e. The number of nitrogens with one attached hydrogen (secondary N) is 1. The van der Waals surface area contributed by atoms with E-state index in [0.717, 1.165) is 32.7 Å². The van der Waals surface area contributed by atoms with Crippen LogP contribution in [0, 0.1) is 0 Å². The lowest BCUT2D eigenvalue weighted by molar-refractivity contribution is 0.229. The van der Waals surface area contributed by atoms with Crippen molar-refractivity contribution in [2.24, 2.45) is 0 Å². The monoisotopic (exact) mass is 205 g/mol. The van der Waals surface area contributed by atoms with Crippen molar-refractivity contribution in [3.05, 3.63) is 30.1 Å². The molecule has 0 aliphatic carbocycles. The van der Waals surface area contributed by atoms with Gasteiger partial charge >= 0.3 is 0 Å². The molecular weight excluding hydrogens is 186 g/mol. The maximum atomic E-state index is 4.40. The Morgan fingerprint density at radius 1 is 1.40 bits per heavy atom. The van der Waals surface area contributed by atoms with Crippen LogP contribution in [0.15, 0.2) is 24.4 Å². The molecule has 1 aliphatic heterocycles. The second-order valence-electron chi connectivity index (χ2n) is 4.21. The van der Waals surface area contributed by atoms with Gasteiger partial charge in [-0.3, -0.25) is 4.98 Å². The van der Waals surface area contributed by atoms with Gasteiger partial charge in [-0.15, -0.1) is 0 Å². The summed E-state index contributed by atoms with van der Waals surface area (Å²) < 4.78 is 0. The summed E-state index contributed by atoms with van der Waals surface area (Å²) in [6.45, 7) is 7.95. The Bertz CT molecular complexity index is 280. The minimum absolute atomic E-state index is 0.532. The summed E-state index contributed by atoms with van der Waals surface area (Å²) in [5.41, 5.74) is 1.20. The van der Waals surface area contributed by atoms with Crippen LogP contribution in [0.25, 0.3) is 0 Å². The quantitative estimate of drug-likeness (QED) is 0.800. The summed E-state index contributed by atoms with van der Waals surface area (Å²) in [6, 6.07) is 6.16. The highest BCUT2D eigenvalue weighted by Crippen LogP contribution is 2.13. The maximum Gasteiger partial charge on any atom is 0.0444 e. The first kappa shape index (κ1) is 10.6. The fourth-order valence-corrected chi connectivity index (χ4v) is 2.04. The molecule has 3 nitrogen and oxygen atoms in total. The van der Waals surface area contributed by atoms with Gasteiger partial charge in [0.15, 0.2) is 0 Å². The third-order valence-corrected chi connectivity index (χ3v) is 2.93. The Labute approximate surface area is 91.5 Å². The molecule has 15 heavy (non-hydrogen) atoms. The lowest BCUT2D eigenvalue weighted by atomic mass is 10.1. The van der Waals surface area contributed by atoms with Crippen LogP contribution in [0.4, 0.5) is 0 Å². The predicted octanol–water partition coefficient (Wildman–Crippen LogP) is 1.09. The first-order chi connectivity index (χ1) is 7.36. The Hall–Kier alpha value is -0.930. The zero-order valence-electron chi connectivity index (χ0n) is 9.32. The van der Waals surface area contributed by atoms with Gasteiger partial charge in [0.2, 0.25) is 0 Å². The van der Waals surface area contributed by atoms with Crippen LogP contribution in [0.1, 0.15) is 18.5 Å². The molecule has 0 aromatic carbocycles. The maximum absolute atomic E-state index is 4.40. The van der Waals surface area contributed by atoms with Crippen LogP contribution >= 0.6 is 0 Å². The molecule has 1 aromatic heterocycles. The van der Waals surface area contributed by atoms with Crippen molar-refractivity contribution >= 4 is 0 Å². The normalized spacial score (nSPS) is 20.1. The summed E-state index contributed by atoms with van der Waals surface area (Å²) >= 11 is 0. The fourth-order valence-electron chi connectivity index (χ4n) is 2.04. The number of hydrogen-bond acceptors (Lipinski definition) is 3. The van der Waals surface area contributed by atoms with Crippen molar-refractivity contribution in [2.75, 3.05) is 32.7 Å². The standard InChI is InChI=1S/C12H19N3/c1-11(12-4-2-3-5-14-12)10-15-8-6-13-7-9-15/h2-5,11,13H,6-10H2,1H3/t11-/m1/s1. The largest absolute Gasteiger partial charge is 0.314 e. The van der Waals surface area contributed by atoms with Crippen molar-refractivity contribution < 1.29 is 0 Å².